The molecule has 1 aliphatic carbocycles. The van der Waals surface area contributed by atoms with Crippen LogP contribution in [0.25, 0.3) is 5.57 Å². The second-order valence-corrected chi connectivity index (χ2v) is 6.93. The molecule has 0 bridgehead atoms. The van der Waals surface area contributed by atoms with Crippen LogP contribution in [0.2, 0.25) is 0 Å². The van der Waals surface area contributed by atoms with E-state index in [-0.39, 0.29) is 0 Å². The summed E-state index contributed by atoms with van der Waals surface area (Å²) in [5.41, 5.74) is 5.51. The molecule has 2 rings (SSSR count). The molecule has 0 atom stereocenters. The van der Waals surface area contributed by atoms with Crippen molar-refractivity contribution in [2.75, 3.05) is 0 Å². The van der Waals surface area contributed by atoms with Crippen LogP contribution in [0.1, 0.15) is 32.3 Å². The molecule has 118 valence electrons. The second kappa shape index (κ2) is 8.45. The molecule has 0 radical (unpaired) electrons. The maximum absolute atomic E-state index is 5.55. The average molecular weight is 322 g/mol. The molecule has 0 saturated heterocycles. The number of rotatable bonds is 6. The summed E-state index contributed by atoms with van der Waals surface area (Å²) in [5.74, 6) is 2.67. The maximum Gasteiger partial charge on any atom is 0.0660 e. The van der Waals surface area contributed by atoms with E-state index in [0.717, 1.165) is 35.4 Å². The standard InChI is InChI=1S/C20H22N2S/c1-5-9-18(16-10-7-6-8-11-16)17-12-13-19(21-4)20(14-17)22-23-15(2)3/h1,6-11,14-15,22H,4,12-13H2,2-3H3/b18-9+. The number of aliphatic imine (C=N–C) groups is 1. The van der Waals surface area contributed by atoms with Crippen molar-refractivity contribution < 1.29 is 0 Å². The third-order valence-corrected chi connectivity index (χ3v) is 4.32. The highest BCUT2D eigenvalue weighted by Gasteiger charge is 2.16. The number of nitrogens with zero attached hydrogens (tertiary/aromatic N) is 1. The molecule has 0 unspecified atom stereocenters. The van der Waals surface area contributed by atoms with Crippen molar-refractivity contribution in [2.24, 2.45) is 4.99 Å². The predicted octanol–water partition coefficient (Wildman–Crippen LogP) is 4.98. The number of terminal acetylenes is 1. The van der Waals surface area contributed by atoms with Gasteiger partial charge in [-0.1, -0.05) is 50.1 Å². The van der Waals surface area contributed by atoms with Crippen LogP contribution in [-0.4, -0.2) is 12.0 Å². The summed E-state index contributed by atoms with van der Waals surface area (Å²) < 4.78 is 3.41. The summed E-state index contributed by atoms with van der Waals surface area (Å²) in [4.78, 5) is 4.17. The first-order valence-electron chi connectivity index (χ1n) is 7.70. The van der Waals surface area contributed by atoms with E-state index >= 15 is 0 Å². The SMILES string of the molecule is C#C/C=C(/C1=CC(NSC(C)C)=C(N=C)CC1)c1ccccc1. The van der Waals surface area contributed by atoms with E-state index < -0.39 is 0 Å². The molecule has 3 heteroatoms. The Morgan fingerprint density at radius 3 is 2.70 bits per heavy atom. The number of hydrogen-bond donors (Lipinski definition) is 1. The van der Waals surface area contributed by atoms with Gasteiger partial charge in [0.25, 0.3) is 0 Å². The third kappa shape index (κ3) is 4.64. The highest BCUT2D eigenvalue weighted by atomic mass is 32.2. The minimum atomic E-state index is 0.488. The Balaban J connectivity index is 2.37. The molecule has 0 fully saturated rings. The Morgan fingerprint density at radius 1 is 1.35 bits per heavy atom. The first-order valence-corrected chi connectivity index (χ1v) is 8.58. The van der Waals surface area contributed by atoms with Gasteiger partial charge in [0.05, 0.1) is 11.4 Å². The monoisotopic (exact) mass is 322 g/mol. The van der Waals surface area contributed by atoms with E-state index in [4.69, 9.17) is 6.42 Å². The van der Waals surface area contributed by atoms with Gasteiger partial charge in [-0.15, -0.1) is 6.42 Å². The fourth-order valence-corrected chi connectivity index (χ4v) is 2.97. The Hall–Kier alpha value is -2.18. The number of benzene rings is 1. The largest absolute Gasteiger partial charge is 0.328 e. The van der Waals surface area contributed by atoms with Crippen molar-refractivity contribution in [2.45, 2.75) is 31.9 Å². The molecule has 1 aromatic carbocycles. The van der Waals surface area contributed by atoms with Crippen LogP contribution < -0.4 is 4.72 Å². The molecule has 0 saturated carbocycles. The first kappa shape index (κ1) is 17.2. The first-order chi connectivity index (χ1) is 11.2. The quantitative estimate of drug-likeness (QED) is 0.454. The summed E-state index contributed by atoms with van der Waals surface area (Å²) >= 11 is 1.68. The lowest BCUT2D eigenvalue weighted by molar-refractivity contribution is 0.883. The lowest BCUT2D eigenvalue weighted by Gasteiger charge is -2.21. The van der Waals surface area contributed by atoms with E-state index in [1.807, 2.05) is 24.3 Å². The minimum absolute atomic E-state index is 0.488. The lowest BCUT2D eigenvalue weighted by atomic mass is 9.90. The minimum Gasteiger partial charge on any atom is -0.328 e. The van der Waals surface area contributed by atoms with Crippen molar-refractivity contribution in [3.63, 3.8) is 0 Å². The zero-order chi connectivity index (χ0) is 16.7. The summed E-state index contributed by atoms with van der Waals surface area (Å²) in [7, 11) is 0. The molecule has 2 nitrogen and oxygen atoms in total. The van der Waals surface area contributed by atoms with Crippen LogP contribution in [0.15, 0.2) is 64.4 Å². The van der Waals surface area contributed by atoms with E-state index in [9.17, 15) is 0 Å². The van der Waals surface area contributed by atoms with Crippen LogP contribution in [0, 0.1) is 12.3 Å². The molecule has 0 aliphatic heterocycles. The van der Waals surface area contributed by atoms with Crippen molar-refractivity contribution in [3.8, 4) is 12.3 Å². The van der Waals surface area contributed by atoms with Gasteiger partial charge in [-0.05, 0) is 60.4 Å². The van der Waals surface area contributed by atoms with Gasteiger partial charge >= 0.3 is 0 Å². The second-order valence-electron chi connectivity index (χ2n) is 5.55. The van der Waals surface area contributed by atoms with E-state index in [0.29, 0.717) is 5.25 Å². The summed E-state index contributed by atoms with van der Waals surface area (Å²) in [5, 5.41) is 0.488. The Morgan fingerprint density at radius 2 is 2.09 bits per heavy atom. The van der Waals surface area contributed by atoms with Gasteiger partial charge in [-0.3, -0.25) is 4.99 Å². The molecule has 1 aromatic rings. The van der Waals surface area contributed by atoms with Crippen LogP contribution in [0.3, 0.4) is 0 Å². The molecule has 0 heterocycles. The topological polar surface area (TPSA) is 24.4 Å². The van der Waals surface area contributed by atoms with E-state index in [1.54, 1.807) is 11.9 Å². The number of allylic oxidation sites excluding steroid dienone is 5. The van der Waals surface area contributed by atoms with Gasteiger partial charge in [0, 0.05) is 5.25 Å². The zero-order valence-electron chi connectivity index (χ0n) is 13.7. The number of hydrogen-bond acceptors (Lipinski definition) is 3. The molecule has 1 aliphatic rings. The molecule has 1 N–H and O–H groups in total. The predicted molar refractivity (Wildman–Crippen MR) is 103 cm³/mol. The normalized spacial score (nSPS) is 15.2. The number of nitrogens with one attached hydrogen (secondary N) is 1. The Kier molecular flexibility index (Phi) is 6.31. The highest BCUT2D eigenvalue weighted by Crippen LogP contribution is 2.33. The van der Waals surface area contributed by atoms with Crippen LogP contribution >= 0.6 is 11.9 Å². The third-order valence-electron chi connectivity index (χ3n) is 3.51. The molecular weight excluding hydrogens is 300 g/mol. The summed E-state index contributed by atoms with van der Waals surface area (Å²) in [6, 6.07) is 10.3. The molecule has 0 amide bonds. The summed E-state index contributed by atoms with van der Waals surface area (Å²) in [6.07, 6.45) is 11.3. The maximum atomic E-state index is 5.55. The highest BCUT2D eigenvalue weighted by molar-refractivity contribution is 7.98. The fourth-order valence-electron chi connectivity index (χ4n) is 2.43. The van der Waals surface area contributed by atoms with Gasteiger partial charge in [-0.2, -0.15) is 0 Å². The average Bonchev–Trinajstić information content (AvgIpc) is 2.58. The van der Waals surface area contributed by atoms with Crippen molar-refractivity contribution in [3.05, 3.63) is 65.0 Å². The van der Waals surface area contributed by atoms with Crippen molar-refractivity contribution in [1.82, 2.24) is 4.72 Å². The van der Waals surface area contributed by atoms with E-state index in [2.05, 4.69) is 54.4 Å². The van der Waals surface area contributed by atoms with Gasteiger partial charge in [0.2, 0.25) is 0 Å². The van der Waals surface area contributed by atoms with Gasteiger partial charge in [0.1, 0.15) is 0 Å². The van der Waals surface area contributed by atoms with E-state index in [1.165, 1.54) is 5.57 Å². The smallest absolute Gasteiger partial charge is 0.0660 e. The molecule has 0 spiro atoms. The molecular formula is C20H22N2S. The Labute approximate surface area is 143 Å². The van der Waals surface area contributed by atoms with Gasteiger partial charge in [0.15, 0.2) is 0 Å². The van der Waals surface area contributed by atoms with Crippen LogP contribution in [0.5, 0.6) is 0 Å². The van der Waals surface area contributed by atoms with Gasteiger partial charge < -0.3 is 4.72 Å². The summed E-state index contributed by atoms with van der Waals surface area (Å²) in [6.45, 7) is 8.00. The van der Waals surface area contributed by atoms with Crippen LogP contribution in [0.4, 0.5) is 0 Å². The molecule has 23 heavy (non-hydrogen) atoms. The fraction of sp³-hybridized carbons (Fsp3) is 0.250. The van der Waals surface area contributed by atoms with Crippen molar-refractivity contribution in [1.29, 1.82) is 0 Å². The Bertz CT molecular complexity index is 688. The van der Waals surface area contributed by atoms with Crippen LogP contribution in [-0.2, 0) is 0 Å². The lowest BCUT2D eigenvalue weighted by Crippen LogP contribution is -2.12. The van der Waals surface area contributed by atoms with Gasteiger partial charge in [-0.25, -0.2) is 0 Å². The zero-order valence-corrected chi connectivity index (χ0v) is 14.5. The van der Waals surface area contributed by atoms with Crippen molar-refractivity contribution >= 4 is 24.2 Å². The molecule has 0 aromatic heterocycles.